The number of carboxylic acids is 1. The Bertz CT molecular complexity index is 573. The first-order chi connectivity index (χ1) is 9.08. The van der Waals surface area contributed by atoms with Gasteiger partial charge in [0, 0.05) is 12.1 Å². The Morgan fingerprint density at radius 2 is 2.05 bits per heavy atom. The smallest absolute Gasteiger partial charge is 0.309 e. The van der Waals surface area contributed by atoms with Crippen LogP contribution in [0.2, 0.25) is 0 Å². The summed E-state index contributed by atoms with van der Waals surface area (Å²) in [7, 11) is 1.63. The van der Waals surface area contributed by atoms with Gasteiger partial charge < -0.3 is 14.8 Å². The highest BCUT2D eigenvalue weighted by molar-refractivity contribution is 5.69. The lowest BCUT2D eigenvalue weighted by Gasteiger charge is -2.01. The molecule has 0 saturated heterocycles. The number of H-pyrrole nitrogens is 1. The molecular weight excluding hydrogens is 244 g/mol. The number of carbonyl (C=O) groups is 1. The SMILES string of the molecule is COc1ccc(Cc2nc(CC(=O)O)c(C)[nH]2)cc1. The van der Waals surface area contributed by atoms with E-state index in [1.165, 1.54) is 0 Å². The molecule has 19 heavy (non-hydrogen) atoms. The predicted molar refractivity (Wildman–Crippen MR) is 70.5 cm³/mol. The van der Waals surface area contributed by atoms with Crippen molar-refractivity contribution in [1.82, 2.24) is 9.97 Å². The van der Waals surface area contributed by atoms with E-state index in [0.29, 0.717) is 12.1 Å². The van der Waals surface area contributed by atoms with Gasteiger partial charge in [-0.2, -0.15) is 0 Å². The second kappa shape index (κ2) is 5.56. The van der Waals surface area contributed by atoms with Gasteiger partial charge in [0.25, 0.3) is 0 Å². The van der Waals surface area contributed by atoms with Gasteiger partial charge in [-0.1, -0.05) is 12.1 Å². The molecule has 0 bridgehead atoms. The van der Waals surface area contributed by atoms with E-state index in [9.17, 15) is 4.79 Å². The summed E-state index contributed by atoms with van der Waals surface area (Å²) in [5.41, 5.74) is 2.50. The lowest BCUT2D eigenvalue weighted by Crippen LogP contribution is -2.01. The number of benzene rings is 1. The second-order valence-electron chi connectivity index (χ2n) is 4.35. The molecule has 2 rings (SSSR count). The zero-order valence-corrected chi connectivity index (χ0v) is 10.9. The number of aromatic amines is 1. The van der Waals surface area contributed by atoms with Crippen LogP contribution >= 0.6 is 0 Å². The average molecular weight is 260 g/mol. The Balaban J connectivity index is 2.12. The van der Waals surface area contributed by atoms with Gasteiger partial charge >= 0.3 is 5.97 Å². The van der Waals surface area contributed by atoms with Crippen LogP contribution in [-0.2, 0) is 17.6 Å². The predicted octanol–water partition coefficient (Wildman–Crippen LogP) is 1.94. The zero-order chi connectivity index (χ0) is 13.8. The highest BCUT2D eigenvalue weighted by Gasteiger charge is 2.10. The molecule has 0 aliphatic rings. The fourth-order valence-corrected chi connectivity index (χ4v) is 1.90. The van der Waals surface area contributed by atoms with Crippen molar-refractivity contribution in [1.29, 1.82) is 0 Å². The molecule has 1 aromatic heterocycles. The van der Waals surface area contributed by atoms with Crippen molar-refractivity contribution in [2.75, 3.05) is 7.11 Å². The molecule has 0 amide bonds. The van der Waals surface area contributed by atoms with Crippen molar-refractivity contribution in [3.8, 4) is 5.75 Å². The summed E-state index contributed by atoms with van der Waals surface area (Å²) in [5, 5.41) is 8.78. The molecular formula is C14H16N2O3. The normalized spacial score (nSPS) is 10.4. The van der Waals surface area contributed by atoms with Gasteiger partial charge in [-0.15, -0.1) is 0 Å². The fourth-order valence-electron chi connectivity index (χ4n) is 1.90. The molecule has 0 aliphatic heterocycles. The van der Waals surface area contributed by atoms with Crippen molar-refractivity contribution in [3.05, 3.63) is 47.0 Å². The van der Waals surface area contributed by atoms with Crippen molar-refractivity contribution >= 4 is 5.97 Å². The lowest BCUT2D eigenvalue weighted by molar-refractivity contribution is -0.136. The molecule has 0 saturated carbocycles. The van der Waals surface area contributed by atoms with Gasteiger partial charge in [0.1, 0.15) is 11.6 Å². The van der Waals surface area contributed by atoms with E-state index in [0.717, 1.165) is 22.8 Å². The van der Waals surface area contributed by atoms with E-state index >= 15 is 0 Å². The molecule has 5 heteroatoms. The first-order valence-electron chi connectivity index (χ1n) is 5.97. The topological polar surface area (TPSA) is 75.2 Å². The Morgan fingerprint density at radius 1 is 1.37 bits per heavy atom. The molecule has 2 N–H and O–H groups in total. The van der Waals surface area contributed by atoms with Crippen molar-refractivity contribution in [3.63, 3.8) is 0 Å². The number of aliphatic carboxylic acids is 1. The minimum absolute atomic E-state index is 0.0506. The number of nitrogens with zero attached hydrogens (tertiary/aromatic N) is 1. The number of methoxy groups -OCH3 is 1. The number of aryl methyl sites for hydroxylation is 1. The quantitative estimate of drug-likeness (QED) is 0.861. The minimum atomic E-state index is -0.870. The molecule has 0 unspecified atom stereocenters. The summed E-state index contributed by atoms with van der Waals surface area (Å²) in [5.74, 6) is 0.718. The summed E-state index contributed by atoms with van der Waals surface area (Å²) in [4.78, 5) is 18.1. The lowest BCUT2D eigenvalue weighted by atomic mass is 10.1. The standard InChI is InChI=1S/C14H16N2O3/c1-9-12(8-14(17)18)16-13(15-9)7-10-3-5-11(19-2)6-4-10/h3-6H,7-8H2,1-2H3,(H,15,16)(H,17,18). The monoisotopic (exact) mass is 260 g/mol. The van der Waals surface area contributed by atoms with Crippen LogP contribution in [0.25, 0.3) is 0 Å². The molecule has 0 fully saturated rings. The zero-order valence-electron chi connectivity index (χ0n) is 10.9. The van der Waals surface area contributed by atoms with E-state index in [4.69, 9.17) is 9.84 Å². The third-order valence-electron chi connectivity index (χ3n) is 2.88. The van der Waals surface area contributed by atoms with Crippen LogP contribution in [0.5, 0.6) is 5.75 Å². The summed E-state index contributed by atoms with van der Waals surface area (Å²) in [6.07, 6.45) is 0.593. The highest BCUT2D eigenvalue weighted by Crippen LogP contribution is 2.15. The summed E-state index contributed by atoms with van der Waals surface area (Å²) in [6.45, 7) is 1.84. The number of carboxylic acid groups (broad SMARTS) is 1. The molecule has 1 aromatic carbocycles. The number of hydrogen-bond acceptors (Lipinski definition) is 3. The van der Waals surface area contributed by atoms with Gasteiger partial charge in [-0.05, 0) is 24.6 Å². The summed E-state index contributed by atoms with van der Waals surface area (Å²) >= 11 is 0. The van der Waals surface area contributed by atoms with Crippen LogP contribution in [0, 0.1) is 6.92 Å². The first-order valence-corrected chi connectivity index (χ1v) is 5.97. The Hall–Kier alpha value is -2.30. The van der Waals surface area contributed by atoms with Gasteiger partial charge in [0.2, 0.25) is 0 Å². The maximum Gasteiger partial charge on any atom is 0.309 e. The van der Waals surface area contributed by atoms with Crippen LogP contribution < -0.4 is 4.74 Å². The van der Waals surface area contributed by atoms with Crippen molar-refractivity contribution in [2.24, 2.45) is 0 Å². The summed E-state index contributed by atoms with van der Waals surface area (Å²) < 4.78 is 5.10. The molecule has 1 heterocycles. The van der Waals surface area contributed by atoms with E-state index in [2.05, 4.69) is 9.97 Å². The summed E-state index contributed by atoms with van der Waals surface area (Å²) in [6, 6.07) is 7.72. The fraction of sp³-hybridized carbons (Fsp3) is 0.286. The van der Waals surface area contributed by atoms with Crippen LogP contribution in [0.3, 0.4) is 0 Å². The Labute approximate surface area is 111 Å². The number of aromatic nitrogens is 2. The number of rotatable bonds is 5. The number of nitrogens with one attached hydrogen (secondary N) is 1. The number of imidazole rings is 1. The van der Waals surface area contributed by atoms with Crippen molar-refractivity contribution in [2.45, 2.75) is 19.8 Å². The van der Waals surface area contributed by atoms with Gasteiger partial charge in [0.05, 0.1) is 19.2 Å². The first kappa shape index (κ1) is 13.1. The van der Waals surface area contributed by atoms with E-state index in [1.807, 2.05) is 31.2 Å². The number of ether oxygens (including phenoxy) is 1. The maximum atomic E-state index is 10.7. The third kappa shape index (κ3) is 3.34. The Morgan fingerprint density at radius 3 is 2.63 bits per heavy atom. The molecule has 5 nitrogen and oxygen atoms in total. The van der Waals surface area contributed by atoms with Gasteiger partial charge in [0.15, 0.2) is 0 Å². The number of hydrogen-bond donors (Lipinski definition) is 2. The molecule has 0 aliphatic carbocycles. The maximum absolute atomic E-state index is 10.7. The molecule has 0 atom stereocenters. The van der Waals surface area contributed by atoms with E-state index < -0.39 is 5.97 Å². The third-order valence-corrected chi connectivity index (χ3v) is 2.88. The van der Waals surface area contributed by atoms with E-state index in [1.54, 1.807) is 7.11 Å². The van der Waals surface area contributed by atoms with Gasteiger partial charge in [-0.25, -0.2) is 4.98 Å². The molecule has 100 valence electrons. The van der Waals surface area contributed by atoms with Crippen LogP contribution in [0.1, 0.15) is 22.8 Å². The largest absolute Gasteiger partial charge is 0.497 e. The Kier molecular flexibility index (Phi) is 3.85. The van der Waals surface area contributed by atoms with Gasteiger partial charge in [-0.3, -0.25) is 4.79 Å². The van der Waals surface area contributed by atoms with E-state index in [-0.39, 0.29) is 6.42 Å². The average Bonchev–Trinajstić information content (AvgIpc) is 2.70. The second-order valence-corrected chi connectivity index (χ2v) is 4.35. The van der Waals surface area contributed by atoms with Crippen LogP contribution in [0.4, 0.5) is 0 Å². The van der Waals surface area contributed by atoms with Crippen LogP contribution in [0.15, 0.2) is 24.3 Å². The highest BCUT2D eigenvalue weighted by atomic mass is 16.5. The van der Waals surface area contributed by atoms with Crippen LogP contribution in [-0.4, -0.2) is 28.2 Å². The van der Waals surface area contributed by atoms with Crippen molar-refractivity contribution < 1.29 is 14.6 Å². The molecule has 2 aromatic rings. The minimum Gasteiger partial charge on any atom is -0.497 e. The molecule has 0 radical (unpaired) electrons. The molecule has 0 spiro atoms.